The third kappa shape index (κ3) is 11.0. The lowest BCUT2D eigenvalue weighted by Crippen LogP contribution is -2.55. The highest BCUT2D eigenvalue weighted by Gasteiger charge is 2.72. The van der Waals surface area contributed by atoms with Gasteiger partial charge in [-0.25, -0.2) is 19.6 Å². The predicted molar refractivity (Wildman–Crippen MR) is 261 cm³/mol. The summed E-state index contributed by atoms with van der Waals surface area (Å²) in [6.07, 6.45) is 0.338. The number of nitrogens with one attached hydrogen (secondary N) is 6. The van der Waals surface area contributed by atoms with Gasteiger partial charge in [-0.15, -0.1) is 0 Å². The number of fused-ring (bicyclic) bond motifs is 5. The van der Waals surface area contributed by atoms with Crippen molar-refractivity contribution in [2.75, 3.05) is 42.8 Å². The molecule has 6 atom stereocenters. The smallest absolute Gasteiger partial charge is 0.404 e. The Morgan fingerprint density at radius 3 is 2.38 bits per heavy atom. The molecule has 2 saturated heterocycles. The average Bonchev–Trinajstić information content (AvgIpc) is 3.93. The van der Waals surface area contributed by atoms with Crippen LogP contribution in [0.25, 0.3) is 11.2 Å². The lowest BCUT2D eigenvalue weighted by molar-refractivity contribution is -0.140. The number of hydrogen-bond acceptors (Lipinski definition) is 21. The number of nitrogens with two attached hydrogens (primary N) is 2. The molecule has 6 unspecified atom stereocenters. The first-order chi connectivity index (χ1) is 33.5. The molecule has 2 aromatic heterocycles. The van der Waals surface area contributed by atoms with Gasteiger partial charge in [-0.05, 0) is 71.7 Å². The van der Waals surface area contributed by atoms with Gasteiger partial charge in [-0.1, -0.05) is 21.6 Å². The van der Waals surface area contributed by atoms with E-state index < -0.39 is 75.9 Å². The van der Waals surface area contributed by atoms with Crippen LogP contribution in [0, 0.1) is 5.92 Å². The minimum atomic E-state index is -1.43. The van der Waals surface area contributed by atoms with Crippen LogP contribution in [0.2, 0.25) is 0 Å². The fourth-order valence-corrected chi connectivity index (χ4v) is 11.6. The Hall–Kier alpha value is -6.61. The highest BCUT2D eigenvalue weighted by atomic mass is 33.1. The molecule has 1 aliphatic carbocycles. The van der Waals surface area contributed by atoms with Crippen LogP contribution in [-0.4, -0.2) is 149 Å². The van der Waals surface area contributed by atoms with Gasteiger partial charge >= 0.3 is 18.0 Å². The summed E-state index contributed by atoms with van der Waals surface area (Å²) in [5.74, 6) is -4.78. The number of nitrogen functional groups attached to an aromatic ring is 1. The Morgan fingerprint density at radius 1 is 1.01 bits per heavy atom. The zero-order valence-corrected chi connectivity index (χ0v) is 41.3. The van der Waals surface area contributed by atoms with Crippen molar-refractivity contribution in [3.63, 3.8) is 0 Å². The van der Waals surface area contributed by atoms with E-state index in [1.54, 1.807) is 19.1 Å². The van der Waals surface area contributed by atoms with Gasteiger partial charge in [0, 0.05) is 65.6 Å². The number of carbonyl (C=O) groups is 7. The molecule has 4 aliphatic rings. The number of amides is 2. The molecule has 71 heavy (non-hydrogen) atoms. The number of benzene rings is 1. The molecule has 24 nitrogen and oxygen atoms in total. The van der Waals surface area contributed by atoms with Gasteiger partial charge in [-0.2, -0.15) is 4.98 Å². The van der Waals surface area contributed by atoms with Crippen LogP contribution in [-0.2, 0) is 40.0 Å². The van der Waals surface area contributed by atoms with Crippen molar-refractivity contribution in [3.8, 4) is 0 Å². The van der Waals surface area contributed by atoms with Gasteiger partial charge < -0.3 is 57.3 Å². The van der Waals surface area contributed by atoms with E-state index in [4.69, 9.17) is 20.9 Å². The van der Waals surface area contributed by atoms with E-state index in [0.29, 0.717) is 30.1 Å². The van der Waals surface area contributed by atoms with Crippen molar-refractivity contribution in [2.45, 2.75) is 101 Å². The first-order valence-corrected chi connectivity index (χ1v) is 25.0. The third-order valence-corrected chi connectivity index (χ3v) is 15.3. The zero-order chi connectivity index (χ0) is 51.7. The van der Waals surface area contributed by atoms with Gasteiger partial charge in [0.2, 0.25) is 17.5 Å². The molecule has 26 heteroatoms. The molecule has 5 heterocycles. The van der Waals surface area contributed by atoms with Crippen molar-refractivity contribution < 1.29 is 53.2 Å². The first-order valence-electron chi connectivity index (χ1n) is 22.5. The summed E-state index contributed by atoms with van der Waals surface area (Å²) in [5, 5.41) is 35.1. The van der Waals surface area contributed by atoms with Crippen LogP contribution in [0.4, 0.5) is 16.4 Å². The number of nitrogens with zero attached hydrogens (tertiary/aromatic N) is 4. The van der Waals surface area contributed by atoms with Crippen LogP contribution >= 0.6 is 21.6 Å². The number of H-pyrrole nitrogens is 1. The fraction of sp³-hybridized carbons (Fsp3) is 0.489. The van der Waals surface area contributed by atoms with E-state index in [-0.39, 0.29) is 94.8 Å². The fourth-order valence-electron chi connectivity index (χ4n) is 9.08. The Kier molecular flexibility index (Phi) is 15.2. The molecule has 0 spiro atoms. The minimum Gasteiger partial charge on any atom is -0.480 e. The second-order valence-corrected chi connectivity index (χ2v) is 21.3. The summed E-state index contributed by atoms with van der Waals surface area (Å²) in [4.78, 5) is 120. The van der Waals surface area contributed by atoms with Gasteiger partial charge in [0.25, 0.3) is 11.5 Å². The third-order valence-electron chi connectivity index (χ3n) is 12.9. The maximum Gasteiger partial charge on any atom is 0.404 e. The Balaban J connectivity index is 0.861. The number of aromatic nitrogens is 4. The molecular formula is C45H56N12O12S2. The number of primary amides is 1. The predicted octanol–water partition coefficient (Wildman–Crippen LogP) is 0.805. The standard InChI is InChI=1S/C45H56N12O12S2/c1-20-30(34(60)29-24(18-69-42(47)67)45(68-6)35-26(51-35)17-57(45)32(29)33(20)59)56-43(2,3)13-14-70-71-19-27(40(65)66)55-44(4,5)28(58)12-11-25(39(63)64)52-37(61)21-7-9-22(10-8-21)48-15-23-16-49-36-31(50-23)38(62)54-41(46)53-36/h7-10,16,24-27,35,48,51,55-56H,11-15,17-19H2,1-6H3,(H2,47,67)(H,52,61)(H,63,64)(H,65,66)(H3,46,49,53,54,62). The summed E-state index contributed by atoms with van der Waals surface area (Å²) >= 11 is 0. The summed E-state index contributed by atoms with van der Waals surface area (Å²) in [6.45, 7) is 8.69. The van der Waals surface area contributed by atoms with E-state index >= 15 is 0 Å². The van der Waals surface area contributed by atoms with Crippen LogP contribution in [0.1, 0.15) is 69.9 Å². The second kappa shape index (κ2) is 20.6. The average molecular weight is 1020 g/mol. The number of methoxy groups -OCH3 is 1. The van der Waals surface area contributed by atoms with E-state index in [1.165, 1.54) is 60.9 Å². The molecule has 0 bridgehead atoms. The van der Waals surface area contributed by atoms with Crippen molar-refractivity contribution in [1.29, 1.82) is 0 Å². The molecular weight excluding hydrogens is 965 g/mol. The van der Waals surface area contributed by atoms with E-state index in [9.17, 15) is 48.6 Å². The number of carboxylic acid groups (broad SMARTS) is 2. The molecule has 7 rings (SSSR count). The number of carboxylic acids is 2. The second-order valence-electron chi connectivity index (χ2n) is 18.7. The highest BCUT2D eigenvalue weighted by Crippen LogP contribution is 2.55. The number of ether oxygens (including phenoxy) is 2. The zero-order valence-electron chi connectivity index (χ0n) is 39.7. The summed E-state index contributed by atoms with van der Waals surface area (Å²) in [7, 11) is 4.14. The van der Waals surface area contributed by atoms with Crippen LogP contribution in [0.3, 0.4) is 0 Å². The van der Waals surface area contributed by atoms with E-state index in [2.05, 4.69) is 46.5 Å². The van der Waals surface area contributed by atoms with Gasteiger partial charge in [0.1, 0.15) is 18.7 Å². The van der Waals surface area contributed by atoms with Crippen molar-refractivity contribution >= 4 is 85.7 Å². The van der Waals surface area contributed by atoms with Crippen LogP contribution < -0.4 is 43.6 Å². The van der Waals surface area contributed by atoms with Crippen LogP contribution in [0.15, 0.2) is 57.8 Å². The molecule has 2 amide bonds. The SMILES string of the molecule is COC12C(COC(N)=O)C3=C(C(=O)C(C)=C(NC(C)(C)CCSSCC(NC(C)(C)C(=O)CCC(NC(=O)c4ccc(NCc5cnc6nc(N)[nH]c(=O)c6n5)cc4)C(=O)O)C(=O)O)C3=O)N1CC1NC12. The summed E-state index contributed by atoms with van der Waals surface area (Å²) < 4.78 is 11.3. The molecule has 3 aromatic rings. The van der Waals surface area contributed by atoms with Crippen molar-refractivity contribution in [1.82, 2.24) is 46.1 Å². The number of aromatic amines is 1. The number of anilines is 2. The topological polar surface area (TPSA) is 375 Å². The number of hydrogen-bond donors (Lipinski definition) is 10. The Bertz CT molecular complexity index is 2800. The largest absolute Gasteiger partial charge is 0.480 e. The van der Waals surface area contributed by atoms with Gasteiger partial charge in [0.05, 0.1) is 47.3 Å². The van der Waals surface area contributed by atoms with Crippen molar-refractivity contribution in [3.05, 3.63) is 74.6 Å². The van der Waals surface area contributed by atoms with E-state index in [1.807, 2.05) is 18.7 Å². The Labute approximate surface area is 414 Å². The number of ketones is 3. The Morgan fingerprint density at radius 2 is 1.72 bits per heavy atom. The summed E-state index contributed by atoms with van der Waals surface area (Å²) in [6, 6.07) is 3.40. The lowest BCUT2D eigenvalue weighted by atomic mass is 9.82. The number of allylic oxidation sites excluding steroid dienone is 2. The van der Waals surface area contributed by atoms with E-state index in [0.717, 1.165) is 0 Å². The van der Waals surface area contributed by atoms with Crippen molar-refractivity contribution in [2.24, 2.45) is 11.7 Å². The maximum absolute atomic E-state index is 14.3. The van der Waals surface area contributed by atoms with Gasteiger partial charge in [-0.3, -0.25) is 39.1 Å². The number of aliphatic carboxylic acids is 2. The molecule has 1 aromatic carbocycles. The normalized spacial score (nSPS) is 21.3. The molecule has 0 saturated carbocycles. The molecule has 0 radical (unpaired) electrons. The molecule has 12 N–H and O–H groups in total. The number of carbonyl (C=O) groups excluding carboxylic acids is 5. The number of Topliss-reactive ketones (excluding diaryl/α,β-unsaturated/α-hetero) is 3. The monoisotopic (exact) mass is 1020 g/mol. The minimum absolute atomic E-state index is 0.0217. The molecule has 3 aliphatic heterocycles. The quantitative estimate of drug-likeness (QED) is 0.0257. The molecule has 2 fully saturated rings. The number of rotatable bonds is 24. The lowest BCUT2D eigenvalue weighted by Gasteiger charge is -2.39. The van der Waals surface area contributed by atoms with Crippen LogP contribution in [0.5, 0.6) is 0 Å². The maximum atomic E-state index is 14.3. The summed E-state index contributed by atoms with van der Waals surface area (Å²) in [5.41, 5.74) is 9.21. The number of piperazine rings is 1. The highest BCUT2D eigenvalue weighted by molar-refractivity contribution is 8.76. The van der Waals surface area contributed by atoms with Gasteiger partial charge in [0.15, 0.2) is 22.7 Å². The first kappa shape index (κ1) is 52.2. The molecule has 380 valence electrons.